The largest absolute Gasteiger partial charge is 0.368 e. The second kappa shape index (κ2) is 9.64. The van der Waals surface area contributed by atoms with Gasteiger partial charge in [-0.05, 0) is 62.3 Å². The van der Waals surface area contributed by atoms with Crippen LogP contribution >= 0.6 is 12.4 Å². The average Bonchev–Trinajstić information content (AvgIpc) is 2.68. The predicted molar refractivity (Wildman–Crippen MR) is 109 cm³/mol. The summed E-state index contributed by atoms with van der Waals surface area (Å²) < 4.78 is 18.8. The molecular weight excluding hydrogens is 385 g/mol. The van der Waals surface area contributed by atoms with E-state index < -0.39 is 11.4 Å². The Bertz CT molecular complexity index is 841. The Hall–Kier alpha value is -2.48. The Kier molecular flexibility index (Phi) is 7.51. The van der Waals surface area contributed by atoms with Crippen molar-refractivity contribution in [3.8, 4) is 0 Å². The number of methoxy groups -OCH3 is 1. The number of piperidine rings is 1. The van der Waals surface area contributed by atoms with E-state index in [1.54, 1.807) is 30.3 Å². The molecule has 0 atom stereocenters. The lowest BCUT2D eigenvalue weighted by Crippen LogP contribution is -2.51. The lowest BCUT2D eigenvalue weighted by Gasteiger charge is -2.34. The highest BCUT2D eigenvalue weighted by atomic mass is 35.5. The summed E-state index contributed by atoms with van der Waals surface area (Å²) in [7, 11) is 1.54. The van der Waals surface area contributed by atoms with Crippen LogP contribution in [0.3, 0.4) is 0 Å². The van der Waals surface area contributed by atoms with Crippen LogP contribution in [-0.4, -0.2) is 37.6 Å². The fraction of sp³-hybridized carbons (Fsp3) is 0.300. The van der Waals surface area contributed by atoms with Crippen molar-refractivity contribution in [3.05, 3.63) is 59.9 Å². The van der Waals surface area contributed by atoms with Crippen molar-refractivity contribution in [1.82, 2.24) is 5.32 Å². The summed E-state index contributed by atoms with van der Waals surface area (Å²) in [6.07, 6.45) is 1.16. The maximum atomic E-state index is 13.3. The molecule has 1 aliphatic rings. The van der Waals surface area contributed by atoms with Gasteiger partial charge in [-0.15, -0.1) is 12.4 Å². The number of ether oxygens (including phenoxy) is 1. The highest BCUT2D eigenvalue weighted by molar-refractivity contribution is 6.05. The summed E-state index contributed by atoms with van der Waals surface area (Å²) in [5.41, 5.74) is 0.351. The molecule has 1 saturated heterocycles. The first-order chi connectivity index (χ1) is 13.0. The van der Waals surface area contributed by atoms with E-state index in [0.29, 0.717) is 42.9 Å². The molecule has 28 heavy (non-hydrogen) atoms. The number of carbonyl (C=O) groups is 2. The summed E-state index contributed by atoms with van der Waals surface area (Å²) >= 11 is 0. The van der Waals surface area contributed by atoms with Crippen LogP contribution in [0, 0.1) is 5.82 Å². The molecule has 0 saturated carbocycles. The molecular formula is C20H23ClFN3O3. The quantitative estimate of drug-likeness (QED) is 0.711. The number of amides is 2. The molecule has 0 spiro atoms. The summed E-state index contributed by atoms with van der Waals surface area (Å²) in [5.74, 6) is -1.05. The molecule has 2 amide bonds. The van der Waals surface area contributed by atoms with Crippen molar-refractivity contribution in [2.75, 3.05) is 30.8 Å². The number of benzene rings is 2. The van der Waals surface area contributed by atoms with Crippen molar-refractivity contribution in [2.45, 2.75) is 18.4 Å². The first kappa shape index (κ1) is 21.8. The van der Waals surface area contributed by atoms with Crippen LogP contribution in [0.2, 0.25) is 0 Å². The third-order valence-corrected chi connectivity index (χ3v) is 4.68. The highest BCUT2D eigenvalue weighted by Crippen LogP contribution is 2.25. The molecule has 0 radical (unpaired) electrons. The molecule has 0 unspecified atom stereocenters. The lowest BCUT2D eigenvalue weighted by atomic mass is 9.91. The zero-order chi connectivity index (χ0) is 19.3. The monoisotopic (exact) mass is 407 g/mol. The summed E-state index contributed by atoms with van der Waals surface area (Å²) in [4.78, 5) is 25.1. The van der Waals surface area contributed by atoms with E-state index >= 15 is 0 Å². The highest BCUT2D eigenvalue weighted by Gasteiger charge is 2.39. The molecule has 6 nitrogen and oxygen atoms in total. The number of halogens is 2. The van der Waals surface area contributed by atoms with Gasteiger partial charge < -0.3 is 20.7 Å². The van der Waals surface area contributed by atoms with Crippen LogP contribution < -0.4 is 16.0 Å². The van der Waals surface area contributed by atoms with Gasteiger partial charge in [-0.3, -0.25) is 9.59 Å². The van der Waals surface area contributed by atoms with Crippen molar-refractivity contribution in [2.24, 2.45) is 0 Å². The average molecular weight is 408 g/mol. The standard InChI is InChI=1S/C20H22FN3O3.ClH/c1-27-20(8-10-22-11-9-20)19(26)24-16-6-2-4-14(12-16)18(25)23-17-7-3-5-15(21)13-17;/h2-7,12-13,22H,8-11H2,1H3,(H,23,25)(H,24,26);1H. The fourth-order valence-corrected chi connectivity index (χ4v) is 3.11. The minimum atomic E-state index is -0.870. The molecule has 0 bridgehead atoms. The molecule has 150 valence electrons. The van der Waals surface area contributed by atoms with Crippen molar-refractivity contribution < 1.29 is 18.7 Å². The number of nitrogens with one attached hydrogen (secondary N) is 3. The number of hydrogen-bond acceptors (Lipinski definition) is 4. The summed E-state index contributed by atoms with van der Waals surface area (Å²) in [6.45, 7) is 1.41. The van der Waals surface area contributed by atoms with Gasteiger partial charge >= 0.3 is 0 Å². The molecule has 2 aromatic rings. The second-order valence-electron chi connectivity index (χ2n) is 6.45. The van der Waals surface area contributed by atoms with Gasteiger partial charge in [-0.25, -0.2) is 4.39 Å². The van der Waals surface area contributed by atoms with Gasteiger partial charge in [0.05, 0.1) is 0 Å². The van der Waals surface area contributed by atoms with E-state index in [1.165, 1.54) is 25.3 Å². The van der Waals surface area contributed by atoms with Crippen LogP contribution in [0.25, 0.3) is 0 Å². The Balaban J connectivity index is 0.00000280. The van der Waals surface area contributed by atoms with Crippen LogP contribution in [0.5, 0.6) is 0 Å². The Labute approximate surface area is 169 Å². The van der Waals surface area contributed by atoms with Gasteiger partial charge in [0, 0.05) is 24.0 Å². The number of rotatable bonds is 5. The molecule has 3 N–H and O–H groups in total. The third kappa shape index (κ3) is 5.07. The van der Waals surface area contributed by atoms with Gasteiger partial charge in [0.1, 0.15) is 11.4 Å². The molecule has 3 rings (SSSR count). The minimum absolute atomic E-state index is 0. The van der Waals surface area contributed by atoms with Crippen LogP contribution in [0.4, 0.5) is 15.8 Å². The van der Waals surface area contributed by atoms with E-state index in [0.717, 1.165) is 0 Å². The van der Waals surface area contributed by atoms with E-state index in [1.807, 2.05) is 0 Å². The van der Waals surface area contributed by atoms with Gasteiger partial charge in [-0.1, -0.05) is 12.1 Å². The number of anilines is 2. The first-order valence-corrected chi connectivity index (χ1v) is 8.77. The fourth-order valence-electron chi connectivity index (χ4n) is 3.11. The molecule has 0 aromatic heterocycles. The van der Waals surface area contributed by atoms with E-state index in [2.05, 4.69) is 16.0 Å². The summed E-state index contributed by atoms with van der Waals surface area (Å²) in [6, 6.07) is 12.3. The normalized spacial score (nSPS) is 15.2. The maximum Gasteiger partial charge on any atom is 0.256 e. The molecule has 1 fully saturated rings. The summed E-state index contributed by atoms with van der Waals surface area (Å²) in [5, 5.41) is 8.68. The topological polar surface area (TPSA) is 79.5 Å². The zero-order valence-corrected chi connectivity index (χ0v) is 16.3. The molecule has 1 heterocycles. The van der Waals surface area contributed by atoms with Crippen LogP contribution in [-0.2, 0) is 9.53 Å². The maximum absolute atomic E-state index is 13.3. The van der Waals surface area contributed by atoms with Gasteiger partial charge in [0.25, 0.3) is 11.8 Å². The van der Waals surface area contributed by atoms with Crippen molar-refractivity contribution >= 4 is 35.6 Å². The third-order valence-electron chi connectivity index (χ3n) is 4.68. The Morgan fingerprint density at radius 3 is 2.32 bits per heavy atom. The SMILES string of the molecule is COC1(C(=O)Nc2cccc(C(=O)Nc3cccc(F)c3)c2)CCNCC1.Cl. The predicted octanol–water partition coefficient (Wildman–Crippen LogP) is 3.21. The van der Waals surface area contributed by atoms with E-state index in [9.17, 15) is 14.0 Å². The number of hydrogen-bond donors (Lipinski definition) is 3. The zero-order valence-electron chi connectivity index (χ0n) is 15.5. The molecule has 1 aliphatic heterocycles. The van der Waals surface area contributed by atoms with Gasteiger partial charge in [0.15, 0.2) is 0 Å². The van der Waals surface area contributed by atoms with E-state index in [-0.39, 0.29) is 24.2 Å². The van der Waals surface area contributed by atoms with Gasteiger partial charge in [-0.2, -0.15) is 0 Å². The minimum Gasteiger partial charge on any atom is -0.368 e. The smallest absolute Gasteiger partial charge is 0.256 e. The molecule has 0 aliphatic carbocycles. The Morgan fingerprint density at radius 1 is 1.04 bits per heavy atom. The first-order valence-electron chi connectivity index (χ1n) is 8.77. The number of carbonyl (C=O) groups excluding carboxylic acids is 2. The molecule has 2 aromatic carbocycles. The Morgan fingerprint density at radius 2 is 1.68 bits per heavy atom. The lowest BCUT2D eigenvalue weighted by molar-refractivity contribution is -0.140. The molecule has 8 heteroatoms. The van der Waals surface area contributed by atoms with Crippen LogP contribution in [0.1, 0.15) is 23.2 Å². The second-order valence-corrected chi connectivity index (χ2v) is 6.45. The van der Waals surface area contributed by atoms with Gasteiger partial charge in [0.2, 0.25) is 0 Å². The van der Waals surface area contributed by atoms with Crippen molar-refractivity contribution in [1.29, 1.82) is 0 Å². The van der Waals surface area contributed by atoms with Crippen molar-refractivity contribution in [3.63, 3.8) is 0 Å². The van der Waals surface area contributed by atoms with Crippen LogP contribution in [0.15, 0.2) is 48.5 Å². The van der Waals surface area contributed by atoms with E-state index in [4.69, 9.17) is 4.74 Å².